The number of thiophene rings is 1. The van der Waals surface area contributed by atoms with Crippen molar-refractivity contribution in [1.82, 2.24) is 9.97 Å². The molecule has 2 aromatic heterocycles. The van der Waals surface area contributed by atoms with E-state index in [1.165, 1.54) is 16.9 Å². The molecule has 4 aromatic rings. The van der Waals surface area contributed by atoms with Crippen molar-refractivity contribution >= 4 is 21.6 Å². The number of nitrogens with one attached hydrogen (secondary N) is 1. The van der Waals surface area contributed by atoms with Crippen LogP contribution in [0.1, 0.15) is 5.56 Å². The molecule has 1 N–H and O–H groups in total. The lowest BCUT2D eigenvalue weighted by molar-refractivity contribution is 1.19. The van der Waals surface area contributed by atoms with Gasteiger partial charge < -0.3 is 4.98 Å². The smallest absolute Gasteiger partial charge is 0.260 e. The lowest BCUT2D eigenvalue weighted by Gasteiger charge is -2.03. The number of aryl methyl sites for hydroxylation is 1. The lowest BCUT2D eigenvalue weighted by atomic mass is 10.1. The van der Waals surface area contributed by atoms with Crippen molar-refractivity contribution in [3.05, 3.63) is 75.9 Å². The third-order valence-corrected chi connectivity index (χ3v) is 4.73. The van der Waals surface area contributed by atoms with Gasteiger partial charge in [0.05, 0.1) is 5.39 Å². The summed E-state index contributed by atoms with van der Waals surface area (Å²) in [6, 6.07) is 17.9. The average Bonchev–Trinajstić information content (AvgIpc) is 3.01. The number of benzene rings is 2. The highest BCUT2D eigenvalue weighted by Crippen LogP contribution is 2.31. The highest BCUT2D eigenvalue weighted by Gasteiger charge is 2.13. The minimum absolute atomic E-state index is 0.0920. The fourth-order valence-electron chi connectivity index (χ4n) is 2.63. The van der Waals surface area contributed by atoms with Crippen LogP contribution in [0.4, 0.5) is 0 Å². The van der Waals surface area contributed by atoms with Crippen molar-refractivity contribution in [3.63, 3.8) is 0 Å². The van der Waals surface area contributed by atoms with Crippen LogP contribution in [0.5, 0.6) is 0 Å². The molecule has 0 unspecified atom stereocenters. The Hall–Kier alpha value is -2.72. The molecule has 0 saturated carbocycles. The van der Waals surface area contributed by atoms with E-state index in [9.17, 15) is 4.79 Å². The molecule has 0 bridgehead atoms. The van der Waals surface area contributed by atoms with Gasteiger partial charge in [-0.15, -0.1) is 11.3 Å². The summed E-state index contributed by atoms with van der Waals surface area (Å²) in [5.41, 5.74) is 3.98. The molecule has 23 heavy (non-hydrogen) atoms. The molecular formula is C19H14N2OS. The quantitative estimate of drug-likeness (QED) is 0.586. The first-order chi connectivity index (χ1) is 11.2. The first-order valence-electron chi connectivity index (χ1n) is 7.36. The maximum Gasteiger partial charge on any atom is 0.260 e. The molecule has 3 nitrogen and oxygen atoms in total. The number of rotatable bonds is 2. The molecule has 0 aliphatic heterocycles. The molecule has 0 aliphatic carbocycles. The van der Waals surface area contributed by atoms with Gasteiger partial charge in [0.1, 0.15) is 10.7 Å². The Labute approximate surface area is 137 Å². The van der Waals surface area contributed by atoms with Crippen LogP contribution in [-0.2, 0) is 0 Å². The van der Waals surface area contributed by atoms with Crippen molar-refractivity contribution < 1.29 is 0 Å². The predicted molar refractivity (Wildman–Crippen MR) is 95.8 cm³/mol. The summed E-state index contributed by atoms with van der Waals surface area (Å²) in [5.74, 6) is 0.615. The summed E-state index contributed by atoms with van der Waals surface area (Å²) in [7, 11) is 0. The maximum absolute atomic E-state index is 12.6. The summed E-state index contributed by atoms with van der Waals surface area (Å²) >= 11 is 1.50. The van der Waals surface area contributed by atoms with E-state index in [1.54, 1.807) is 0 Å². The standard InChI is InChI=1S/C19H14N2OS/c1-12-7-9-14(10-8-12)17-20-18(22)16-15(11-23-19(16)21-17)13-5-3-2-4-6-13/h2-11H,1H3,(H,20,21,22). The molecule has 2 aromatic carbocycles. The van der Waals surface area contributed by atoms with Gasteiger partial charge in [-0.25, -0.2) is 4.98 Å². The summed E-state index contributed by atoms with van der Waals surface area (Å²) in [6.07, 6.45) is 0. The van der Waals surface area contributed by atoms with Crippen molar-refractivity contribution in [3.8, 4) is 22.5 Å². The van der Waals surface area contributed by atoms with E-state index >= 15 is 0 Å². The van der Waals surface area contributed by atoms with Crippen molar-refractivity contribution in [2.24, 2.45) is 0 Å². The van der Waals surface area contributed by atoms with E-state index in [-0.39, 0.29) is 5.56 Å². The zero-order chi connectivity index (χ0) is 15.8. The van der Waals surface area contributed by atoms with Crippen molar-refractivity contribution in [2.45, 2.75) is 6.92 Å². The molecule has 0 saturated heterocycles. The topological polar surface area (TPSA) is 45.8 Å². The van der Waals surface area contributed by atoms with Crippen LogP contribution in [0.2, 0.25) is 0 Å². The number of aromatic nitrogens is 2. The molecule has 4 heteroatoms. The number of hydrogen-bond acceptors (Lipinski definition) is 3. The van der Waals surface area contributed by atoms with Gasteiger partial charge in [-0.1, -0.05) is 60.2 Å². The van der Waals surface area contributed by atoms with E-state index < -0.39 is 0 Å². The van der Waals surface area contributed by atoms with E-state index in [1.807, 2.05) is 66.9 Å². The van der Waals surface area contributed by atoms with Gasteiger partial charge >= 0.3 is 0 Å². The molecule has 0 fully saturated rings. The van der Waals surface area contributed by atoms with Crippen LogP contribution < -0.4 is 5.56 Å². The third-order valence-electron chi connectivity index (χ3n) is 3.85. The summed E-state index contributed by atoms with van der Waals surface area (Å²) in [4.78, 5) is 20.9. The van der Waals surface area contributed by atoms with Crippen LogP contribution in [0.15, 0.2) is 64.8 Å². The zero-order valence-corrected chi connectivity index (χ0v) is 13.4. The number of hydrogen-bond donors (Lipinski definition) is 1. The van der Waals surface area contributed by atoms with Gasteiger partial charge in [0.2, 0.25) is 0 Å². The Balaban J connectivity index is 1.91. The first kappa shape index (κ1) is 13.9. The maximum atomic E-state index is 12.6. The average molecular weight is 318 g/mol. The molecule has 0 radical (unpaired) electrons. The number of aromatic amines is 1. The van der Waals surface area contributed by atoms with Crippen molar-refractivity contribution in [1.29, 1.82) is 0 Å². The number of H-pyrrole nitrogens is 1. The Morgan fingerprint density at radius 3 is 2.43 bits per heavy atom. The largest absolute Gasteiger partial charge is 0.306 e. The van der Waals surface area contributed by atoms with Gasteiger partial charge in [0.15, 0.2) is 0 Å². The van der Waals surface area contributed by atoms with Gasteiger partial charge in [0.25, 0.3) is 5.56 Å². The summed E-state index contributed by atoms with van der Waals surface area (Å²) < 4.78 is 0. The Kier molecular flexibility index (Phi) is 3.32. The minimum atomic E-state index is -0.0920. The summed E-state index contributed by atoms with van der Waals surface area (Å²) in [5, 5.41) is 2.67. The second kappa shape index (κ2) is 5.48. The highest BCUT2D eigenvalue weighted by molar-refractivity contribution is 7.17. The van der Waals surface area contributed by atoms with E-state index in [0.717, 1.165) is 21.5 Å². The molecule has 0 atom stereocenters. The lowest BCUT2D eigenvalue weighted by Crippen LogP contribution is -2.08. The molecule has 0 amide bonds. The minimum Gasteiger partial charge on any atom is -0.306 e. The Morgan fingerprint density at radius 2 is 1.70 bits per heavy atom. The van der Waals surface area contributed by atoms with Crippen LogP contribution in [0.25, 0.3) is 32.7 Å². The molecular weight excluding hydrogens is 304 g/mol. The van der Waals surface area contributed by atoms with Gasteiger partial charge in [-0.2, -0.15) is 0 Å². The van der Waals surface area contributed by atoms with Crippen LogP contribution >= 0.6 is 11.3 Å². The molecule has 112 valence electrons. The fourth-order valence-corrected chi connectivity index (χ4v) is 3.58. The fraction of sp³-hybridized carbons (Fsp3) is 0.0526. The first-order valence-corrected chi connectivity index (χ1v) is 8.24. The van der Waals surface area contributed by atoms with Gasteiger partial charge in [-0.05, 0) is 12.5 Å². The SMILES string of the molecule is Cc1ccc(-c2nc3scc(-c4ccccc4)c3c(=O)[nH]2)cc1. The molecule has 4 rings (SSSR count). The monoisotopic (exact) mass is 318 g/mol. The highest BCUT2D eigenvalue weighted by atomic mass is 32.1. The number of fused-ring (bicyclic) bond motifs is 1. The number of nitrogens with zero attached hydrogens (tertiary/aromatic N) is 1. The van der Waals surface area contributed by atoms with E-state index in [2.05, 4.69) is 9.97 Å². The zero-order valence-electron chi connectivity index (χ0n) is 12.5. The van der Waals surface area contributed by atoms with Crippen molar-refractivity contribution in [2.75, 3.05) is 0 Å². The van der Waals surface area contributed by atoms with Gasteiger partial charge in [-0.3, -0.25) is 4.79 Å². The van der Waals surface area contributed by atoms with Crippen LogP contribution in [-0.4, -0.2) is 9.97 Å². The Bertz CT molecular complexity index is 1030. The second-order valence-corrected chi connectivity index (χ2v) is 6.33. The molecule has 0 aliphatic rings. The third kappa shape index (κ3) is 2.47. The summed E-state index contributed by atoms with van der Waals surface area (Å²) in [6.45, 7) is 2.04. The van der Waals surface area contributed by atoms with Gasteiger partial charge in [0, 0.05) is 16.5 Å². The predicted octanol–water partition coefficient (Wildman–Crippen LogP) is 4.63. The van der Waals surface area contributed by atoms with E-state index in [0.29, 0.717) is 11.2 Å². The van der Waals surface area contributed by atoms with Crippen LogP contribution in [0, 0.1) is 6.92 Å². The molecule has 0 spiro atoms. The normalized spacial score (nSPS) is 11.0. The van der Waals surface area contributed by atoms with E-state index in [4.69, 9.17) is 0 Å². The Morgan fingerprint density at radius 1 is 0.957 bits per heavy atom. The second-order valence-electron chi connectivity index (χ2n) is 5.48. The van der Waals surface area contributed by atoms with Crippen LogP contribution in [0.3, 0.4) is 0 Å². The molecule has 2 heterocycles.